The number of ether oxygens (including phenoxy) is 3. The highest BCUT2D eigenvalue weighted by molar-refractivity contribution is 5.93. The van der Waals surface area contributed by atoms with Gasteiger partial charge < -0.3 is 18.6 Å². The van der Waals surface area contributed by atoms with E-state index in [4.69, 9.17) is 18.6 Å². The number of carbonyl (C=O) groups excluding carboxylic acids is 1. The van der Waals surface area contributed by atoms with Crippen molar-refractivity contribution in [2.75, 3.05) is 27.4 Å². The summed E-state index contributed by atoms with van der Waals surface area (Å²) in [6, 6.07) is 3.88. The molecule has 17 heavy (non-hydrogen) atoms. The average molecular weight is 237 g/mol. The minimum Gasteiger partial charge on any atom is -0.493 e. The zero-order valence-corrected chi connectivity index (χ0v) is 10.4. The largest absolute Gasteiger partial charge is 0.520 e. The summed E-state index contributed by atoms with van der Waals surface area (Å²) >= 11 is 0. The quantitative estimate of drug-likeness (QED) is 0.596. The van der Waals surface area contributed by atoms with Gasteiger partial charge in [0, 0.05) is 12.5 Å². The van der Waals surface area contributed by atoms with E-state index in [0.717, 1.165) is 23.3 Å². The molecule has 4 nitrogen and oxygen atoms in total. The Bertz CT molecular complexity index is 437. The van der Waals surface area contributed by atoms with E-state index in [2.05, 4.69) is 0 Å². The normalized spacial score (nSPS) is 13.7. The Kier molecular flexibility index (Phi) is 3.52. The molecule has 92 valence electrons. The second-order valence-corrected chi connectivity index (χ2v) is 3.68. The van der Waals surface area contributed by atoms with Crippen LogP contribution in [0, 0.1) is 0 Å². The number of fused-ring (bicyclic) bond motifs is 1. The van der Waals surface area contributed by atoms with E-state index >= 15 is 0 Å². The summed E-state index contributed by atoms with van der Waals surface area (Å²) in [7, 11) is 3.25. The zero-order chi connectivity index (χ0) is 12.3. The molecule has 1 aliphatic heterocycles. The van der Waals surface area contributed by atoms with Gasteiger partial charge in [-0.3, -0.25) is 0 Å². The Hall–Kier alpha value is -1.71. The van der Waals surface area contributed by atoms with E-state index in [1.807, 2.05) is 19.1 Å². The van der Waals surface area contributed by atoms with Gasteiger partial charge in [-0.15, -0.1) is 0 Å². The molecule has 0 bridgehead atoms. The van der Waals surface area contributed by atoms with Crippen molar-refractivity contribution in [3.8, 4) is 11.5 Å². The van der Waals surface area contributed by atoms with Crippen LogP contribution >= 0.6 is 0 Å². The summed E-state index contributed by atoms with van der Waals surface area (Å²) in [5.74, 6) is 2.01. The minimum atomic E-state index is 0.578. The van der Waals surface area contributed by atoms with Crippen molar-refractivity contribution in [3.63, 3.8) is 0 Å². The van der Waals surface area contributed by atoms with Gasteiger partial charge in [0.25, 0.3) is 0 Å². The van der Waals surface area contributed by atoms with Gasteiger partial charge >= 0.3 is 5.97 Å². The highest BCUT2D eigenvalue weighted by Gasteiger charge is 2.28. The van der Waals surface area contributed by atoms with E-state index in [1.165, 1.54) is 0 Å². The van der Waals surface area contributed by atoms with Gasteiger partial charge in [-0.1, -0.05) is 0 Å². The fourth-order valence-corrected chi connectivity index (χ4v) is 1.90. The fourth-order valence-electron chi connectivity index (χ4n) is 1.90. The summed E-state index contributed by atoms with van der Waals surface area (Å²) in [6.07, 6.45) is 0.853. The first-order valence-electron chi connectivity index (χ1n) is 5.68. The molecule has 0 amide bonds. The van der Waals surface area contributed by atoms with Gasteiger partial charge in [0.05, 0.1) is 14.2 Å². The van der Waals surface area contributed by atoms with Crippen molar-refractivity contribution in [1.29, 1.82) is 0 Å². The lowest BCUT2D eigenvalue weighted by Crippen LogP contribution is -2.17. The Morgan fingerprint density at radius 1 is 1.18 bits per heavy atom. The molecular formula is C13H17O4+. The number of rotatable bonds is 3. The predicted molar refractivity (Wildman–Crippen MR) is 64.1 cm³/mol. The number of hydrogen-bond donors (Lipinski definition) is 0. The highest BCUT2D eigenvalue weighted by atomic mass is 16.6. The maximum Gasteiger partial charge on any atom is 0.520 e. The van der Waals surface area contributed by atoms with Crippen LogP contribution in [-0.4, -0.2) is 33.4 Å². The number of methoxy groups -OCH3 is 2. The molecule has 0 unspecified atom stereocenters. The van der Waals surface area contributed by atoms with Crippen molar-refractivity contribution in [2.24, 2.45) is 0 Å². The molecule has 1 aromatic carbocycles. The first kappa shape index (κ1) is 11.8. The van der Waals surface area contributed by atoms with Gasteiger partial charge in [-0.25, -0.2) is 0 Å². The van der Waals surface area contributed by atoms with Crippen molar-refractivity contribution < 1.29 is 18.6 Å². The molecule has 0 aromatic heterocycles. The first-order chi connectivity index (χ1) is 8.30. The SMILES string of the molecule is CCOC1=[O+]CCc2cc(OC)c(OC)cc21. The summed E-state index contributed by atoms with van der Waals surface area (Å²) in [6.45, 7) is 3.16. The molecule has 1 heterocycles. The van der Waals surface area contributed by atoms with Crippen LogP contribution in [0.15, 0.2) is 12.1 Å². The second kappa shape index (κ2) is 5.08. The molecule has 0 saturated carbocycles. The lowest BCUT2D eigenvalue weighted by Gasteiger charge is -2.13. The standard InChI is InChI=1S/C13H17O4/c1-4-16-13-10-8-12(15-3)11(14-2)7-9(10)5-6-17-13/h7-8H,4-6H2,1-3H3/q+1. The third-order valence-electron chi connectivity index (χ3n) is 2.71. The molecule has 0 radical (unpaired) electrons. The Labute approximate surface area is 101 Å². The summed E-state index contributed by atoms with van der Waals surface area (Å²) in [4.78, 5) is 0. The van der Waals surface area contributed by atoms with Gasteiger partial charge in [-0.2, -0.15) is 0 Å². The highest BCUT2D eigenvalue weighted by Crippen LogP contribution is 2.32. The van der Waals surface area contributed by atoms with Gasteiger partial charge in [0.2, 0.25) is 0 Å². The summed E-state index contributed by atoms with van der Waals surface area (Å²) in [5, 5.41) is 0. The molecular weight excluding hydrogens is 220 g/mol. The number of benzene rings is 1. The average Bonchev–Trinajstić information content (AvgIpc) is 2.38. The number of hydrogen-bond acceptors (Lipinski definition) is 3. The molecule has 0 saturated heterocycles. The molecule has 1 aliphatic rings. The predicted octanol–water partition coefficient (Wildman–Crippen LogP) is 1.97. The molecule has 4 heteroatoms. The summed E-state index contributed by atoms with van der Waals surface area (Å²) in [5.41, 5.74) is 2.12. The van der Waals surface area contributed by atoms with E-state index in [0.29, 0.717) is 24.9 Å². The van der Waals surface area contributed by atoms with Crippen LogP contribution < -0.4 is 9.47 Å². The lowest BCUT2D eigenvalue weighted by molar-refractivity contribution is -0.286. The topological polar surface area (TPSA) is 39.0 Å². The van der Waals surface area contributed by atoms with Gasteiger partial charge in [0.15, 0.2) is 24.7 Å². The zero-order valence-electron chi connectivity index (χ0n) is 10.4. The van der Waals surface area contributed by atoms with Gasteiger partial charge in [0.1, 0.15) is 5.56 Å². The molecule has 0 spiro atoms. The first-order valence-corrected chi connectivity index (χ1v) is 5.68. The van der Waals surface area contributed by atoms with E-state index in [9.17, 15) is 0 Å². The molecule has 0 fully saturated rings. The van der Waals surface area contributed by atoms with Crippen molar-refractivity contribution in [3.05, 3.63) is 23.3 Å². The fraction of sp³-hybridized carbons (Fsp3) is 0.462. The maximum atomic E-state index is 5.52. The number of esters is 1. The maximum absolute atomic E-state index is 5.52. The Morgan fingerprint density at radius 2 is 1.88 bits per heavy atom. The lowest BCUT2D eigenvalue weighted by atomic mass is 10.0. The van der Waals surface area contributed by atoms with E-state index < -0.39 is 0 Å². The van der Waals surface area contributed by atoms with E-state index in [-0.39, 0.29) is 0 Å². The van der Waals surface area contributed by atoms with Crippen LogP contribution in [-0.2, 0) is 11.2 Å². The van der Waals surface area contributed by atoms with Crippen molar-refractivity contribution in [1.82, 2.24) is 0 Å². The molecule has 0 atom stereocenters. The molecule has 2 rings (SSSR count). The van der Waals surface area contributed by atoms with Gasteiger partial charge in [-0.05, 0) is 18.6 Å². The van der Waals surface area contributed by atoms with E-state index in [1.54, 1.807) is 14.2 Å². The Balaban J connectivity index is 2.45. The third kappa shape index (κ3) is 2.20. The third-order valence-corrected chi connectivity index (χ3v) is 2.71. The minimum absolute atomic E-state index is 0.578. The van der Waals surface area contributed by atoms with Crippen LogP contribution in [0.2, 0.25) is 0 Å². The molecule has 0 N–H and O–H groups in total. The van der Waals surface area contributed by atoms with Crippen LogP contribution in [0.25, 0.3) is 0 Å². The summed E-state index contributed by atoms with van der Waals surface area (Å²) < 4.78 is 21.6. The molecule has 0 aliphatic carbocycles. The monoisotopic (exact) mass is 237 g/mol. The van der Waals surface area contributed by atoms with Crippen LogP contribution in [0.4, 0.5) is 0 Å². The van der Waals surface area contributed by atoms with Crippen LogP contribution in [0.3, 0.4) is 0 Å². The van der Waals surface area contributed by atoms with Crippen molar-refractivity contribution in [2.45, 2.75) is 13.3 Å². The second-order valence-electron chi connectivity index (χ2n) is 3.68. The van der Waals surface area contributed by atoms with Crippen LogP contribution in [0.5, 0.6) is 11.5 Å². The van der Waals surface area contributed by atoms with Crippen LogP contribution in [0.1, 0.15) is 22.5 Å². The van der Waals surface area contributed by atoms with Crippen molar-refractivity contribution >= 4 is 5.97 Å². The Morgan fingerprint density at radius 3 is 2.53 bits per heavy atom. The smallest absolute Gasteiger partial charge is 0.493 e. The molecule has 1 aromatic rings.